The maximum Gasteiger partial charge on any atom is 0.123 e. The van der Waals surface area contributed by atoms with Gasteiger partial charge < -0.3 is 9.73 Å². The molecule has 1 heterocycles. The van der Waals surface area contributed by atoms with Crippen LogP contribution < -0.4 is 5.32 Å². The molecule has 3 heteroatoms. The molecule has 17 heavy (non-hydrogen) atoms. The SMILES string of the molecule is CCNC(c1ccoc1)c1ccc(F)cc1C. The summed E-state index contributed by atoms with van der Waals surface area (Å²) in [5, 5.41) is 3.38. The van der Waals surface area contributed by atoms with Gasteiger partial charge in [-0.3, -0.25) is 0 Å². The van der Waals surface area contributed by atoms with Crippen LogP contribution >= 0.6 is 0 Å². The molecular weight excluding hydrogens is 217 g/mol. The van der Waals surface area contributed by atoms with E-state index in [0.717, 1.165) is 23.2 Å². The zero-order valence-electron chi connectivity index (χ0n) is 10.0. The van der Waals surface area contributed by atoms with Crippen molar-refractivity contribution in [2.75, 3.05) is 6.54 Å². The van der Waals surface area contributed by atoms with Gasteiger partial charge in [-0.15, -0.1) is 0 Å². The number of aryl methyl sites for hydroxylation is 1. The molecule has 2 aromatic rings. The van der Waals surface area contributed by atoms with Crippen LogP contribution in [0.5, 0.6) is 0 Å². The van der Waals surface area contributed by atoms with Crippen molar-refractivity contribution < 1.29 is 8.81 Å². The highest BCUT2D eigenvalue weighted by atomic mass is 19.1. The van der Waals surface area contributed by atoms with Crippen molar-refractivity contribution in [1.82, 2.24) is 5.32 Å². The van der Waals surface area contributed by atoms with Crippen LogP contribution in [0.25, 0.3) is 0 Å². The zero-order valence-corrected chi connectivity index (χ0v) is 10.0. The largest absolute Gasteiger partial charge is 0.472 e. The number of hydrogen-bond acceptors (Lipinski definition) is 2. The molecule has 1 N–H and O–H groups in total. The molecular formula is C14H16FNO. The molecule has 1 atom stereocenters. The van der Waals surface area contributed by atoms with Gasteiger partial charge in [0, 0.05) is 5.56 Å². The Balaban J connectivity index is 2.39. The van der Waals surface area contributed by atoms with Gasteiger partial charge in [-0.1, -0.05) is 13.0 Å². The Kier molecular flexibility index (Phi) is 3.59. The Hall–Kier alpha value is -1.61. The van der Waals surface area contributed by atoms with Gasteiger partial charge in [0.1, 0.15) is 5.82 Å². The minimum absolute atomic E-state index is 0.0550. The monoisotopic (exact) mass is 233 g/mol. The normalized spacial score (nSPS) is 12.6. The predicted molar refractivity (Wildman–Crippen MR) is 65.4 cm³/mol. The van der Waals surface area contributed by atoms with Crippen LogP contribution in [0.1, 0.15) is 29.7 Å². The second-order valence-electron chi connectivity index (χ2n) is 4.05. The van der Waals surface area contributed by atoms with E-state index in [0.29, 0.717) is 0 Å². The van der Waals surface area contributed by atoms with E-state index < -0.39 is 0 Å². The fourth-order valence-electron chi connectivity index (χ4n) is 2.01. The average molecular weight is 233 g/mol. The minimum atomic E-state index is -0.200. The first kappa shape index (κ1) is 11.9. The summed E-state index contributed by atoms with van der Waals surface area (Å²) in [6, 6.07) is 6.85. The van der Waals surface area contributed by atoms with Crippen LogP contribution in [0.4, 0.5) is 4.39 Å². The Bertz CT molecular complexity index is 479. The molecule has 90 valence electrons. The smallest absolute Gasteiger partial charge is 0.123 e. The third-order valence-corrected chi connectivity index (χ3v) is 2.83. The van der Waals surface area contributed by atoms with E-state index in [-0.39, 0.29) is 11.9 Å². The second-order valence-corrected chi connectivity index (χ2v) is 4.05. The number of furan rings is 1. The maximum atomic E-state index is 13.1. The molecule has 0 radical (unpaired) electrons. The van der Waals surface area contributed by atoms with E-state index >= 15 is 0 Å². The highest BCUT2D eigenvalue weighted by molar-refractivity contribution is 5.35. The molecule has 0 spiro atoms. The summed E-state index contributed by atoms with van der Waals surface area (Å²) in [6.45, 7) is 4.81. The van der Waals surface area contributed by atoms with E-state index in [9.17, 15) is 4.39 Å². The van der Waals surface area contributed by atoms with Gasteiger partial charge in [0.15, 0.2) is 0 Å². The Morgan fingerprint density at radius 3 is 2.76 bits per heavy atom. The Morgan fingerprint density at radius 2 is 2.18 bits per heavy atom. The summed E-state index contributed by atoms with van der Waals surface area (Å²) in [6.07, 6.45) is 3.37. The summed E-state index contributed by atoms with van der Waals surface area (Å²) >= 11 is 0. The number of halogens is 1. The van der Waals surface area contributed by atoms with Crippen molar-refractivity contribution in [1.29, 1.82) is 0 Å². The topological polar surface area (TPSA) is 25.2 Å². The van der Waals surface area contributed by atoms with Crippen molar-refractivity contribution in [2.24, 2.45) is 0 Å². The Labute approximate surface area is 100 Å². The fourth-order valence-corrected chi connectivity index (χ4v) is 2.01. The van der Waals surface area contributed by atoms with E-state index in [1.54, 1.807) is 18.6 Å². The van der Waals surface area contributed by atoms with E-state index in [2.05, 4.69) is 5.32 Å². The maximum absolute atomic E-state index is 13.1. The average Bonchev–Trinajstić information content (AvgIpc) is 2.80. The van der Waals surface area contributed by atoms with E-state index in [1.165, 1.54) is 6.07 Å². The molecule has 0 saturated heterocycles. The summed E-state index contributed by atoms with van der Waals surface area (Å²) in [7, 11) is 0. The highest BCUT2D eigenvalue weighted by Crippen LogP contribution is 2.25. The standard InChI is InChI=1S/C14H16FNO/c1-3-16-14(11-6-7-17-9-11)13-5-4-12(15)8-10(13)2/h4-9,14,16H,3H2,1-2H3. The van der Waals surface area contributed by atoms with Gasteiger partial charge in [-0.2, -0.15) is 0 Å². The van der Waals surface area contributed by atoms with E-state index in [1.807, 2.05) is 26.0 Å². The molecule has 0 amide bonds. The van der Waals surface area contributed by atoms with Gasteiger partial charge in [0.2, 0.25) is 0 Å². The van der Waals surface area contributed by atoms with Crippen LogP contribution in [0, 0.1) is 12.7 Å². The molecule has 1 aromatic carbocycles. The molecule has 0 aliphatic heterocycles. The predicted octanol–water partition coefficient (Wildman–Crippen LogP) is 3.43. The van der Waals surface area contributed by atoms with Crippen LogP contribution in [-0.4, -0.2) is 6.54 Å². The van der Waals surface area contributed by atoms with Gasteiger partial charge in [0.25, 0.3) is 0 Å². The lowest BCUT2D eigenvalue weighted by molar-refractivity contribution is 0.552. The zero-order chi connectivity index (χ0) is 12.3. The molecule has 1 aromatic heterocycles. The summed E-state index contributed by atoms with van der Waals surface area (Å²) < 4.78 is 18.2. The lowest BCUT2D eigenvalue weighted by Crippen LogP contribution is -2.22. The first-order valence-electron chi connectivity index (χ1n) is 5.74. The first-order valence-corrected chi connectivity index (χ1v) is 5.74. The first-order chi connectivity index (χ1) is 8.22. The quantitative estimate of drug-likeness (QED) is 0.875. The highest BCUT2D eigenvalue weighted by Gasteiger charge is 2.16. The third-order valence-electron chi connectivity index (χ3n) is 2.83. The van der Waals surface area contributed by atoms with Crippen LogP contribution in [0.15, 0.2) is 41.2 Å². The molecule has 0 aliphatic carbocycles. The summed E-state index contributed by atoms with van der Waals surface area (Å²) in [5.74, 6) is -0.200. The minimum Gasteiger partial charge on any atom is -0.472 e. The molecule has 2 rings (SSSR count). The Morgan fingerprint density at radius 1 is 1.35 bits per heavy atom. The van der Waals surface area contributed by atoms with Crippen molar-refractivity contribution >= 4 is 0 Å². The van der Waals surface area contributed by atoms with Crippen molar-refractivity contribution in [3.63, 3.8) is 0 Å². The van der Waals surface area contributed by atoms with Gasteiger partial charge in [0.05, 0.1) is 18.6 Å². The lowest BCUT2D eigenvalue weighted by atomic mass is 9.97. The lowest BCUT2D eigenvalue weighted by Gasteiger charge is -2.19. The molecule has 1 unspecified atom stereocenters. The van der Waals surface area contributed by atoms with Gasteiger partial charge in [-0.05, 0) is 42.8 Å². The number of benzene rings is 1. The number of rotatable bonds is 4. The van der Waals surface area contributed by atoms with Crippen LogP contribution in [-0.2, 0) is 0 Å². The van der Waals surface area contributed by atoms with Crippen LogP contribution in [0.2, 0.25) is 0 Å². The number of nitrogens with one attached hydrogen (secondary N) is 1. The van der Waals surface area contributed by atoms with E-state index in [4.69, 9.17) is 4.42 Å². The molecule has 0 bridgehead atoms. The molecule has 0 fully saturated rings. The molecule has 0 aliphatic rings. The van der Waals surface area contributed by atoms with Gasteiger partial charge in [-0.25, -0.2) is 4.39 Å². The molecule has 0 saturated carbocycles. The fraction of sp³-hybridized carbons (Fsp3) is 0.286. The van der Waals surface area contributed by atoms with Gasteiger partial charge >= 0.3 is 0 Å². The number of hydrogen-bond donors (Lipinski definition) is 1. The van der Waals surface area contributed by atoms with Crippen LogP contribution in [0.3, 0.4) is 0 Å². The second kappa shape index (κ2) is 5.15. The van der Waals surface area contributed by atoms with Crippen molar-refractivity contribution in [2.45, 2.75) is 19.9 Å². The summed E-state index contributed by atoms with van der Waals surface area (Å²) in [5.41, 5.74) is 3.08. The molecule has 2 nitrogen and oxygen atoms in total. The van der Waals surface area contributed by atoms with Crippen molar-refractivity contribution in [3.05, 3.63) is 59.3 Å². The summed E-state index contributed by atoms with van der Waals surface area (Å²) in [4.78, 5) is 0. The third kappa shape index (κ3) is 2.56. The van der Waals surface area contributed by atoms with Crippen molar-refractivity contribution in [3.8, 4) is 0 Å².